The van der Waals surface area contributed by atoms with Crippen molar-refractivity contribution in [3.05, 3.63) is 29.8 Å². The number of ketones is 1. The van der Waals surface area contributed by atoms with Gasteiger partial charge in [0.25, 0.3) is 0 Å². The Bertz CT molecular complexity index is 484. The van der Waals surface area contributed by atoms with E-state index in [9.17, 15) is 14.7 Å². The quantitative estimate of drug-likeness (QED) is 0.650. The largest absolute Gasteiger partial charge is 0.494 e. The Balaban J connectivity index is 2.49. The van der Waals surface area contributed by atoms with E-state index in [4.69, 9.17) is 4.74 Å². The Morgan fingerprint density at radius 3 is 2.36 bits per heavy atom. The Kier molecular flexibility index (Phi) is 7.60. The van der Waals surface area contributed by atoms with Crippen molar-refractivity contribution in [1.82, 2.24) is 5.32 Å². The molecule has 5 nitrogen and oxygen atoms in total. The van der Waals surface area contributed by atoms with E-state index in [1.165, 1.54) is 0 Å². The number of nitrogens with one attached hydrogen (secondary N) is 1. The molecule has 2 atom stereocenters. The highest BCUT2D eigenvalue weighted by atomic mass is 16.5. The number of carbonyl (C=O) groups excluding carboxylic acids is 1. The topological polar surface area (TPSA) is 75.6 Å². The highest BCUT2D eigenvalue weighted by Crippen LogP contribution is 2.13. The van der Waals surface area contributed by atoms with Crippen LogP contribution < -0.4 is 10.1 Å². The van der Waals surface area contributed by atoms with Crippen LogP contribution in [0.3, 0.4) is 0 Å². The maximum Gasteiger partial charge on any atom is 0.320 e. The molecule has 0 saturated carbocycles. The lowest BCUT2D eigenvalue weighted by Gasteiger charge is -2.19. The molecule has 0 aliphatic heterocycles. The summed E-state index contributed by atoms with van der Waals surface area (Å²) in [5.74, 6) is -0.121. The normalized spacial score (nSPS) is 13.4. The molecule has 0 bridgehead atoms. The highest BCUT2D eigenvalue weighted by molar-refractivity contribution is 5.96. The fourth-order valence-corrected chi connectivity index (χ4v) is 2.16. The number of rotatable bonds is 10. The van der Waals surface area contributed by atoms with E-state index in [-0.39, 0.29) is 18.1 Å². The van der Waals surface area contributed by atoms with Crippen LogP contribution in [0, 0.1) is 5.92 Å². The van der Waals surface area contributed by atoms with E-state index in [2.05, 4.69) is 5.32 Å². The summed E-state index contributed by atoms with van der Waals surface area (Å²) in [6.07, 6.45) is 1.05. The summed E-state index contributed by atoms with van der Waals surface area (Å²) in [5.41, 5.74) is 0.612. The van der Waals surface area contributed by atoms with Crippen LogP contribution >= 0.6 is 0 Å². The summed E-state index contributed by atoms with van der Waals surface area (Å²) in [4.78, 5) is 23.3. The second-order valence-electron chi connectivity index (χ2n) is 5.29. The van der Waals surface area contributed by atoms with Crippen molar-refractivity contribution in [3.8, 4) is 5.75 Å². The lowest BCUT2D eigenvalue weighted by molar-refractivity contribution is -0.140. The van der Waals surface area contributed by atoms with Gasteiger partial charge in [0.05, 0.1) is 6.61 Å². The number of benzene rings is 1. The summed E-state index contributed by atoms with van der Waals surface area (Å²) < 4.78 is 5.33. The zero-order chi connectivity index (χ0) is 16.5. The lowest BCUT2D eigenvalue weighted by atomic mass is 9.99. The standard InChI is InChI=1S/C17H25NO4/c1-4-12(3)16(17(20)21)18-11-10-15(19)13-6-8-14(9-7-13)22-5-2/h6-9,12,16,18H,4-5,10-11H2,1-3H3,(H,20,21)/t12-,16-/m0/s1. The molecule has 0 spiro atoms. The summed E-state index contributed by atoms with van der Waals surface area (Å²) >= 11 is 0. The first-order chi connectivity index (χ1) is 10.5. The molecule has 0 saturated heterocycles. The Labute approximate surface area is 131 Å². The molecular formula is C17H25NO4. The maximum absolute atomic E-state index is 12.1. The highest BCUT2D eigenvalue weighted by Gasteiger charge is 2.22. The summed E-state index contributed by atoms with van der Waals surface area (Å²) in [7, 11) is 0. The minimum Gasteiger partial charge on any atom is -0.494 e. The molecule has 0 aliphatic carbocycles. The third-order valence-electron chi connectivity index (χ3n) is 3.68. The zero-order valence-corrected chi connectivity index (χ0v) is 13.5. The molecule has 1 aromatic rings. The number of aliphatic carboxylic acids is 1. The number of carbonyl (C=O) groups is 2. The lowest BCUT2D eigenvalue weighted by Crippen LogP contribution is -2.42. The number of carboxylic acid groups (broad SMARTS) is 1. The molecule has 1 rings (SSSR count). The predicted octanol–water partition coefficient (Wildman–Crippen LogP) is 2.75. The number of ether oxygens (including phenoxy) is 1. The molecule has 0 fully saturated rings. The summed E-state index contributed by atoms with van der Waals surface area (Å²) in [6, 6.07) is 6.39. The Morgan fingerprint density at radius 2 is 1.86 bits per heavy atom. The molecule has 2 N–H and O–H groups in total. The van der Waals surface area contributed by atoms with Crippen molar-refractivity contribution >= 4 is 11.8 Å². The summed E-state index contributed by atoms with van der Waals surface area (Å²) in [5, 5.41) is 12.1. The monoisotopic (exact) mass is 307 g/mol. The summed E-state index contributed by atoms with van der Waals surface area (Å²) in [6.45, 7) is 6.69. The Hall–Kier alpha value is -1.88. The van der Waals surface area contributed by atoms with Crippen LogP contribution in [0.25, 0.3) is 0 Å². The molecule has 5 heteroatoms. The molecule has 0 heterocycles. The minimum atomic E-state index is -0.872. The van der Waals surface area contributed by atoms with Gasteiger partial charge in [-0.3, -0.25) is 9.59 Å². The predicted molar refractivity (Wildman–Crippen MR) is 85.4 cm³/mol. The number of Topliss-reactive ketones (excluding diaryl/α,β-unsaturated/α-hetero) is 1. The van der Waals surface area contributed by atoms with Crippen LogP contribution in [0.2, 0.25) is 0 Å². The first-order valence-corrected chi connectivity index (χ1v) is 7.71. The third-order valence-corrected chi connectivity index (χ3v) is 3.68. The average Bonchev–Trinajstić information content (AvgIpc) is 2.51. The van der Waals surface area contributed by atoms with E-state index in [0.29, 0.717) is 18.7 Å². The Morgan fingerprint density at radius 1 is 1.23 bits per heavy atom. The molecule has 0 unspecified atom stereocenters. The van der Waals surface area contributed by atoms with Crippen LogP contribution in [0.5, 0.6) is 5.75 Å². The van der Waals surface area contributed by atoms with Gasteiger partial charge < -0.3 is 15.2 Å². The van der Waals surface area contributed by atoms with Gasteiger partial charge in [-0.25, -0.2) is 0 Å². The van der Waals surface area contributed by atoms with E-state index < -0.39 is 12.0 Å². The molecule has 1 aromatic carbocycles. The number of carboxylic acids is 1. The third kappa shape index (κ3) is 5.48. The van der Waals surface area contributed by atoms with Gasteiger partial charge in [-0.2, -0.15) is 0 Å². The first kappa shape index (κ1) is 18.2. The van der Waals surface area contributed by atoms with Gasteiger partial charge in [-0.15, -0.1) is 0 Å². The van der Waals surface area contributed by atoms with E-state index in [0.717, 1.165) is 12.2 Å². The number of hydrogen-bond donors (Lipinski definition) is 2. The molecule has 22 heavy (non-hydrogen) atoms. The van der Waals surface area contributed by atoms with Crippen LogP contribution in [-0.4, -0.2) is 36.1 Å². The second-order valence-corrected chi connectivity index (χ2v) is 5.29. The first-order valence-electron chi connectivity index (χ1n) is 7.71. The van der Waals surface area contributed by atoms with Crippen molar-refractivity contribution in [2.45, 2.75) is 39.7 Å². The SMILES string of the molecule is CCOc1ccc(C(=O)CCN[C@H](C(=O)O)[C@@H](C)CC)cc1. The van der Waals surface area contributed by atoms with Crippen LogP contribution in [0.1, 0.15) is 44.0 Å². The van der Waals surface area contributed by atoms with Crippen LogP contribution in [0.4, 0.5) is 0 Å². The zero-order valence-electron chi connectivity index (χ0n) is 13.5. The van der Waals surface area contributed by atoms with Crippen LogP contribution in [-0.2, 0) is 4.79 Å². The van der Waals surface area contributed by atoms with E-state index in [1.54, 1.807) is 24.3 Å². The van der Waals surface area contributed by atoms with Gasteiger partial charge in [0.15, 0.2) is 5.78 Å². The number of hydrogen-bond acceptors (Lipinski definition) is 4. The van der Waals surface area contributed by atoms with E-state index in [1.807, 2.05) is 20.8 Å². The van der Waals surface area contributed by atoms with Crippen molar-refractivity contribution in [3.63, 3.8) is 0 Å². The van der Waals surface area contributed by atoms with Crippen molar-refractivity contribution in [1.29, 1.82) is 0 Å². The van der Waals surface area contributed by atoms with Gasteiger partial charge in [-0.1, -0.05) is 20.3 Å². The van der Waals surface area contributed by atoms with E-state index >= 15 is 0 Å². The minimum absolute atomic E-state index is 0.0103. The fraction of sp³-hybridized carbons (Fsp3) is 0.529. The smallest absolute Gasteiger partial charge is 0.320 e. The van der Waals surface area contributed by atoms with Crippen molar-refractivity contribution < 1.29 is 19.4 Å². The molecular weight excluding hydrogens is 282 g/mol. The van der Waals surface area contributed by atoms with Gasteiger partial charge in [0.1, 0.15) is 11.8 Å². The second kappa shape index (κ2) is 9.20. The van der Waals surface area contributed by atoms with Crippen molar-refractivity contribution in [2.75, 3.05) is 13.2 Å². The maximum atomic E-state index is 12.1. The van der Waals surface area contributed by atoms with Gasteiger partial charge >= 0.3 is 5.97 Å². The molecule has 0 amide bonds. The fourth-order valence-electron chi connectivity index (χ4n) is 2.16. The van der Waals surface area contributed by atoms with Gasteiger partial charge in [-0.05, 0) is 37.1 Å². The van der Waals surface area contributed by atoms with Crippen LogP contribution in [0.15, 0.2) is 24.3 Å². The van der Waals surface area contributed by atoms with Crippen molar-refractivity contribution in [2.24, 2.45) is 5.92 Å². The van der Waals surface area contributed by atoms with Gasteiger partial charge in [0.2, 0.25) is 0 Å². The average molecular weight is 307 g/mol. The van der Waals surface area contributed by atoms with Gasteiger partial charge in [0, 0.05) is 18.5 Å². The molecule has 0 radical (unpaired) electrons. The molecule has 0 aliphatic rings. The molecule has 0 aromatic heterocycles. The molecule has 122 valence electrons.